The molecule has 0 fully saturated rings. The van der Waals surface area contributed by atoms with Crippen LogP contribution >= 0.6 is 11.6 Å². The zero-order valence-corrected chi connectivity index (χ0v) is 20.1. The Morgan fingerprint density at radius 1 is 1.15 bits per heavy atom. The molecule has 178 valence electrons. The zero-order valence-electron chi connectivity index (χ0n) is 19.4. The second kappa shape index (κ2) is 11.7. The number of alkyl halides is 1. The van der Waals surface area contributed by atoms with Gasteiger partial charge in [-0.3, -0.25) is 0 Å². The Labute approximate surface area is 198 Å². The molecule has 2 amide bonds. The summed E-state index contributed by atoms with van der Waals surface area (Å²) in [6.07, 6.45) is 5.34. The third-order valence-electron chi connectivity index (χ3n) is 5.36. The first-order chi connectivity index (χ1) is 16.0. The maximum atomic E-state index is 12.2. The third kappa shape index (κ3) is 6.27. The molecule has 9 nitrogen and oxygen atoms in total. The summed E-state index contributed by atoms with van der Waals surface area (Å²) in [5.41, 5.74) is 1.28. The first kappa shape index (κ1) is 24.6. The number of hydrogen-bond acceptors (Lipinski definition) is 7. The number of ether oxygens (including phenoxy) is 3. The summed E-state index contributed by atoms with van der Waals surface area (Å²) in [4.78, 5) is 23.0. The Balaban J connectivity index is 1.67. The average molecular weight is 476 g/mol. The van der Waals surface area contributed by atoms with Crippen LogP contribution in [0.2, 0.25) is 0 Å². The molecular weight excluding hydrogens is 446 g/mol. The van der Waals surface area contributed by atoms with Gasteiger partial charge in [0.15, 0.2) is 11.5 Å². The van der Waals surface area contributed by atoms with Gasteiger partial charge in [-0.2, -0.15) is 0 Å². The first-order valence-electron chi connectivity index (χ1n) is 10.9. The molecular formula is C23H30ClN5O4. The Hall–Kier alpha value is -3.04. The minimum atomic E-state index is -0.443. The number of halogens is 1. The lowest BCUT2D eigenvalue weighted by Gasteiger charge is -2.22. The molecule has 0 saturated heterocycles. The molecule has 0 aliphatic heterocycles. The number of benzene rings is 1. The van der Waals surface area contributed by atoms with Crippen molar-refractivity contribution >= 4 is 28.5 Å². The van der Waals surface area contributed by atoms with Gasteiger partial charge >= 0.3 is 6.03 Å². The standard InChI is InChI=1S/C23H30ClN5O4/c1-5-29(6-2)10-9-25-23(30)28-18-8-7-15(11-17(18)24)33-22-16-12-20(31-3)21(32-4)13-19(16)26-14-27-22/h7-8,12-14,17H,5-6,9-11H2,1-4H3,(H2,25,28,30). The van der Waals surface area contributed by atoms with Crippen molar-refractivity contribution in [1.29, 1.82) is 0 Å². The van der Waals surface area contributed by atoms with Gasteiger partial charge in [-0.25, -0.2) is 14.8 Å². The topological polar surface area (TPSA) is 97.8 Å². The Kier molecular flexibility index (Phi) is 8.73. The average Bonchev–Trinajstić information content (AvgIpc) is 2.83. The lowest BCUT2D eigenvalue weighted by molar-refractivity contribution is 0.239. The van der Waals surface area contributed by atoms with Gasteiger partial charge in [-0.1, -0.05) is 13.8 Å². The van der Waals surface area contributed by atoms with Crippen LogP contribution in [0.25, 0.3) is 10.9 Å². The minimum Gasteiger partial charge on any atom is -0.493 e. The number of fused-ring (bicyclic) bond motifs is 1. The van der Waals surface area contributed by atoms with Crippen LogP contribution in [0, 0.1) is 0 Å². The molecule has 33 heavy (non-hydrogen) atoms. The third-order valence-corrected chi connectivity index (χ3v) is 5.75. The number of nitrogens with one attached hydrogen (secondary N) is 2. The summed E-state index contributed by atoms with van der Waals surface area (Å²) in [5, 5.41) is 5.92. The Bertz CT molecular complexity index is 1040. The summed E-state index contributed by atoms with van der Waals surface area (Å²) in [6.45, 7) is 7.45. The quantitative estimate of drug-likeness (QED) is 0.508. The van der Waals surface area contributed by atoms with E-state index in [1.54, 1.807) is 38.5 Å². The van der Waals surface area contributed by atoms with Crippen LogP contribution in [0.3, 0.4) is 0 Å². The Morgan fingerprint density at radius 2 is 1.88 bits per heavy atom. The normalized spacial score (nSPS) is 15.6. The van der Waals surface area contributed by atoms with Gasteiger partial charge in [0, 0.05) is 31.3 Å². The van der Waals surface area contributed by atoms with Crippen LogP contribution in [0.1, 0.15) is 20.3 Å². The number of allylic oxidation sites excluding steroid dienone is 4. The van der Waals surface area contributed by atoms with Crippen molar-refractivity contribution in [3.05, 3.63) is 42.1 Å². The number of rotatable bonds is 10. The maximum Gasteiger partial charge on any atom is 0.319 e. The SMILES string of the molecule is CCN(CC)CCNC(=O)NC1=CC=C(Oc2ncnc3cc(OC)c(OC)cc23)CC1Cl. The highest BCUT2D eigenvalue weighted by Gasteiger charge is 2.21. The highest BCUT2D eigenvalue weighted by molar-refractivity contribution is 6.22. The van der Waals surface area contributed by atoms with Crippen LogP contribution < -0.4 is 24.8 Å². The van der Waals surface area contributed by atoms with Gasteiger partial charge in [0.25, 0.3) is 0 Å². The van der Waals surface area contributed by atoms with Crippen LogP contribution in [-0.4, -0.2) is 66.7 Å². The number of aromatic nitrogens is 2. The largest absolute Gasteiger partial charge is 0.493 e. The fraction of sp³-hybridized carbons (Fsp3) is 0.435. The summed E-state index contributed by atoms with van der Waals surface area (Å²) >= 11 is 6.51. The lowest BCUT2D eigenvalue weighted by atomic mass is 10.1. The summed E-state index contributed by atoms with van der Waals surface area (Å²) in [6, 6.07) is 3.26. The van der Waals surface area contributed by atoms with Crippen molar-refractivity contribution < 1.29 is 19.0 Å². The van der Waals surface area contributed by atoms with Gasteiger partial charge < -0.3 is 29.7 Å². The van der Waals surface area contributed by atoms with E-state index in [9.17, 15) is 4.79 Å². The van der Waals surface area contributed by atoms with Gasteiger partial charge in [0.1, 0.15) is 12.1 Å². The van der Waals surface area contributed by atoms with Crippen molar-refractivity contribution in [2.75, 3.05) is 40.4 Å². The second-order valence-corrected chi connectivity index (χ2v) is 7.87. The van der Waals surface area contributed by atoms with Gasteiger partial charge in [-0.05, 0) is 31.3 Å². The van der Waals surface area contributed by atoms with E-state index in [0.717, 1.165) is 19.6 Å². The number of nitrogens with zero attached hydrogens (tertiary/aromatic N) is 3. The molecule has 3 rings (SSSR count). The fourth-order valence-electron chi connectivity index (χ4n) is 3.45. The lowest BCUT2D eigenvalue weighted by Crippen LogP contribution is -2.41. The molecule has 1 aliphatic rings. The predicted octanol–water partition coefficient (Wildman–Crippen LogP) is 3.45. The fourth-order valence-corrected chi connectivity index (χ4v) is 3.72. The molecule has 1 unspecified atom stereocenters. The van der Waals surface area contributed by atoms with Gasteiger partial charge in [0.05, 0.1) is 30.5 Å². The van der Waals surface area contributed by atoms with E-state index in [0.29, 0.717) is 52.7 Å². The highest BCUT2D eigenvalue weighted by atomic mass is 35.5. The highest BCUT2D eigenvalue weighted by Crippen LogP contribution is 2.35. The number of methoxy groups -OCH3 is 2. The van der Waals surface area contributed by atoms with Crippen LogP contribution in [0.5, 0.6) is 17.4 Å². The Morgan fingerprint density at radius 3 is 2.55 bits per heavy atom. The minimum absolute atomic E-state index is 0.278. The van der Waals surface area contributed by atoms with Crippen LogP contribution in [0.4, 0.5) is 4.79 Å². The monoisotopic (exact) mass is 475 g/mol. The molecule has 1 heterocycles. The first-order valence-corrected chi connectivity index (χ1v) is 11.3. The molecule has 1 aromatic heterocycles. The van der Waals surface area contributed by atoms with Gasteiger partial charge in [0.2, 0.25) is 5.88 Å². The van der Waals surface area contributed by atoms with E-state index in [1.165, 1.54) is 6.33 Å². The summed E-state index contributed by atoms with van der Waals surface area (Å²) in [7, 11) is 3.13. The van der Waals surface area contributed by atoms with Crippen molar-refractivity contribution in [3.63, 3.8) is 0 Å². The number of urea groups is 1. The van der Waals surface area contributed by atoms with E-state index in [1.807, 2.05) is 0 Å². The molecule has 2 aromatic rings. The molecule has 1 aromatic carbocycles. The molecule has 2 N–H and O–H groups in total. The zero-order chi connectivity index (χ0) is 23.8. The van der Waals surface area contributed by atoms with Crippen molar-refractivity contribution in [2.45, 2.75) is 25.6 Å². The van der Waals surface area contributed by atoms with E-state index in [2.05, 4.69) is 39.3 Å². The van der Waals surface area contributed by atoms with Crippen LogP contribution in [-0.2, 0) is 0 Å². The van der Waals surface area contributed by atoms with E-state index in [-0.39, 0.29) is 6.03 Å². The van der Waals surface area contributed by atoms with Crippen LogP contribution in [0.15, 0.2) is 42.1 Å². The molecule has 0 saturated carbocycles. The molecule has 10 heteroatoms. The van der Waals surface area contributed by atoms with E-state index in [4.69, 9.17) is 25.8 Å². The van der Waals surface area contributed by atoms with E-state index < -0.39 is 5.38 Å². The number of carbonyl (C=O) groups excluding carboxylic acids is 1. The molecule has 1 atom stereocenters. The molecule has 1 aliphatic carbocycles. The number of likely N-dealkylation sites (N-methyl/N-ethyl adjacent to an activating group) is 1. The summed E-state index contributed by atoms with van der Waals surface area (Å²) in [5.74, 6) is 2.13. The molecule has 0 radical (unpaired) electrons. The smallest absolute Gasteiger partial charge is 0.319 e. The maximum absolute atomic E-state index is 12.2. The van der Waals surface area contributed by atoms with Gasteiger partial charge in [-0.15, -0.1) is 11.6 Å². The summed E-state index contributed by atoms with van der Waals surface area (Å²) < 4.78 is 16.7. The van der Waals surface area contributed by atoms with E-state index >= 15 is 0 Å². The number of amides is 2. The second-order valence-electron chi connectivity index (χ2n) is 7.34. The predicted molar refractivity (Wildman–Crippen MR) is 128 cm³/mol. The molecule has 0 spiro atoms. The van der Waals surface area contributed by atoms with Crippen molar-refractivity contribution in [1.82, 2.24) is 25.5 Å². The number of hydrogen-bond donors (Lipinski definition) is 2. The molecule has 0 bridgehead atoms. The number of carbonyl (C=O) groups is 1. The van der Waals surface area contributed by atoms with Crippen molar-refractivity contribution in [2.24, 2.45) is 0 Å². The van der Waals surface area contributed by atoms with Crippen molar-refractivity contribution in [3.8, 4) is 17.4 Å².